The lowest BCUT2D eigenvalue weighted by molar-refractivity contribution is 0.562. The maximum atomic E-state index is 13.2. The third-order valence-electron chi connectivity index (χ3n) is 5.22. The largest absolute Gasteiger partial charge is 0.336 e. The molecular weight excluding hydrogens is 394 g/mol. The molecule has 4 rings (SSSR count). The third kappa shape index (κ3) is 3.85. The van der Waals surface area contributed by atoms with Crippen molar-refractivity contribution in [3.05, 3.63) is 82.4 Å². The van der Waals surface area contributed by atoms with Gasteiger partial charge < -0.3 is 4.57 Å². The first-order valence-corrected chi connectivity index (χ1v) is 11.2. The Bertz CT molecular complexity index is 1090. The lowest BCUT2D eigenvalue weighted by atomic mass is 9.92. The van der Waals surface area contributed by atoms with Gasteiger partial charge in [-0.2, -0.15) is 4.72 Å². The van der Waals surface area contributed by atoms with Crippen molar-refractivity contribution in [2.75, 3.05) is 0 Å². The van der Waals surface area contributed by atoms with Gasteiger partial charge in [0.1, 0.15) is 11.9 Å². The zero-order valence-corrected chi connectivity index (χ0v) is 17.2. The maximum absolute atomic E-state index is 13.2. The van der Waals surface area contributed by atoms with Gasteiger partial charge in [0.25, 0.3) is 0 Å². The van der Waals surface area contributed by atoms with Gasteiger partial charge in [0, 0.05) is 24.5 Å². The lowest BCUT2D eigenvalue weighted by Crippen LogP contribution is -2.31. The molecule has 1 aliphatic rings. The lowest BCUT2D eigenvalue weighted by Gasteiger charge is -2.21. The topological polar surface area (TPSA) is 64.0 Å². The van der Waals surface area contributed by atoms with Crippen molar-refractivity contribution >= 4 is 21.6 Å². The molecule has 0 radical (unpaired) electrons. The first-order valence-electron chi connectivity index (χ1n) is 9.31. The van der Waals surface area contributed by atoms with Crippen LogP contribution < -0.4 is 4.72 Å². The Hall–Kier alpha value is -2.15. The van der Waals surface area contributed by atoms with E-state index in [2.05, 4.69) is 9.71 Å². The predicted octanol–water partition coefficient (Wildman–Crippen LogP) is 4.02. The van der Waals surface area contributed by atoms with Crippen molar-refractivity contribution in [2.45, 2.75) is 36.6 Å². The van der Waals surface area contributed by atoms with Crippen LogP contribution in [0.3, 0.4) is 0 Å². The first kappa shape index (κ1) is 19.2. The van der Waals surface area contributed by atoms with E-state index in [9.17, 15) is 8.42 Å². The molecule has 146 valence electrons. The predicted molar refractivity (Wildman–Crippen MR) is 110 cm³/mol. The van der Waals surface area contributed by atoms with Crippen LogP contribution in [0.5, 0.6) is 0 Å². The fraction of sp³-hybridized carbons (Fsp3) is 0.286. The molecule has 1 atom stereocenters. The Labute approximate surface area is 170 Å². The summed E-state index contributed by atoms with van der Waals surface area (Å²) in [5, 5.41) is 0.597. The minimum Gasteiger partial charge on any atom is -0.336 e. The number of sulfonamides is 1. The molecule has 0 aliphatic heterocycles. The molecule has 0 amide bonds. The molecule has 0 saturated carbocycles. The van der Waals surface area contributed by atoms with E-state index in [1.54, 1.807) is 30.6 Å². The van der Waals surface area contributed by atoms with Crippen LogP contribution in [0.4, 0.5) is 0 Å². The summed E-state index contributed by atoms with van der Waals surface area (Å²) in [6.45, 7) is 0. The number of imidazole rings is 1. The van der Waals surface area contributed by atoms with Gasteiger partial charge in [-0.25, -0.2) is 13.4 Å². The van der Waals surface area contributed by atoms with Gasteiger partial charge in [-0.05, 0) is 66.6 Å². The normalized spacial score (nSPS) is 15.2. The molecule has 7 heteroatoms. The van der Waals surface area contributed by atoms with E-state index in [0.29, 0.717) is 15.7 Å². The van der Waals surface area contributed by atoms with Crippen LogP contribution >= 0.6 is 11.6 Å². The smallest absolute Gasteiger partial charge is 0.241 e. The standard InChI is InChI=1S/C21H22ClN3O2S/c1-25-13-12-23-21(25)20(16-6-9-18(22)10-7-16)24-28(26,27)19-11-8-15-4-2-3-5-17(15)14-19/h6-14,20,24H,2-5H2,1H3. The average Bonchev–Trinajstić information content (AvgIpc) is 3.12. The summed E-state index contributed by atoms with van der Waals surface area (Å²) >= 11 is 6.01. The highest BCUT2D eigenvalue weighted by Gasteiger charge is 2.26. The fourth-order valence-electron chi connectivity index (χ4n) is 3.68. The minimum atomic E-state index is -3.73. The molecule has 1 aliphatic carbocycles. The van der Waals surface area contributed by atoms with Gasteiger partial charge >= 0.3 is 0 Å². The van der Waals surface area contributed by atoms with E-state index in [1.165, 1.54) is 5.56 Å². The first-order chi connectivity index (χ1) is 13.4. The second-order valence-electron chi connectivity index (χ2n) is 7.14. The molecule has 0 bridgehead atoms. The fourth-order valence-corrected chi connectivity index (χ4v) is 5.04. The Balaban J connectivity index is 1.71. The van der Waals surface area contributed by atoms with Crippen LogP contribution in [-0.4, -0.2) is 18.0 Å². The number of aryl methyl sites for hydroxylation is 3. The molecule has 1 unspecified atom stereocenters. The molecule has 28 heavy (non-hydrogen) atoms. The Morgan fingerprint density at radius 1 is 1.07 bits per heavy atom. The van der Waals surface area contributed by atoms with E-state index in [0.717, 1.165) is 36.8 Å². The van der Waals surface area contributed by atoms with E-state index in [1.807, 2.05) is 35.9 Å². The van der Waals surface area contributed by atoms with E-state index >= 15 is 0 Å². The number of nitrogens with zero attached hydrogens (tertiary/aromatic N) is 2. The van der Waals surface area contributed by atoms with E-state index < -0.39 is 16.1 Å². The molecule has 2 aromatic carbocycles. The van der Waals surface area contributed by atoms with Crippen LogP contribution in [0.2, 0.25) is 5.02 Å². The molecule has 1 N–H and O–H groups in total. The van der Waals surface area contributed by atoms with Gasteiger partial charge in [-0.15, -0.1) is 0 Å². The summed E-state index contributed by atoms with van der Waals surface area (Å²) in [5.41, 5.74) is 3.16. The number of rotatable bonds is 5. The molecule has 0 saturated heterocycles. The van der Waals surface area contributed by atoms with Gasteiger partial charge in [-0.3, -0.25) is 0 Å². The molecule has 0 fully saturated rings. The average molecular weight is 416 g/mol. The van der Waals surface area contributed by atoms with E-state index in [4.69, 9.17) is 11.6 Å². The number of hydrogen-bond acceptors (Lipinski definition) is 3. The highest BCUT2D eigenvalue weighted by Crippen LogP contribution is 2.27. The van der Waals surface area contributed by atoms with Crippen LogP contribution in [0.1, 0.15) is 41.4 Å². The Kier molecular flexibility index (Phi) is 5.27. The number of benzene rings is 2. The number of fused-ring (bicyclic) bond motifs is 1. The van der Waals surface area contributed by atoms with Gasteiger partial charge in [0.2, 0.25) is 10.0 Å². The zero-order chi connectivity index (χ0) is 19.7. The van der Waals surface area contributed by atoms with Crippen molar-refractivity contribution in [3.63, 3.8) is 0 Å². The minimum absolute atomic E-state index is 0.293. The second kappa shape index (κ2) is 7.70. The van der Waals surface area contributed by atoms with Crippen molar-refractivity contribution in [2.24, 2.45) is 7.05 Å². The number of hydrogen-bond donors (Lipinski definition) is 1. The van der Waals surface area contributed by atoms with Crippen LogP contribution in [0.15, 0.2) is 59.8 Å². The molecule has 1 heterocycles. The molecule has 1 aromatic heterocycles. The summed E-state index contributed by atoms with van der Waals surface area (Å²) < 4.78 is 31.1. The summed E-state index contributed by atoms with van der Waals surface area (Å²) in [5.74, 6) is 0.615. The molecular formula is C21H22ClN3O2S. The van der Waals surface area contributed by atoms with Gasteiger partial charge in [0.15, 0.2) is 0 Å². The molecule has 0 spiro atoms. The maximum Gasteiger partial charge on any atom is 0.241 e. The molecule has 5 nitrogen and oxygen atoms in total. The summed E-state index contributed by atoms with van der Waals surface area (Å²) in [6, 6.07) is 12.0. The van der Waals surface area contributed by atoms with Crippen LogP contribution in [0, 0.1) is 0 Å². The second-order valence-corrected chi connectivity index (χ2v) is 9.29. The summed E-state index contributed by atoms with van der Waals surface area (Å²) in [7, 11) is -1.88. The van der Waals surface area contributed by atoms with Crippen LogP contribution in [-0.2, 0) is 29.9 Å². The monoisotopic (exact) mass is 415 g/mol. The quantitative estimate of drug-likeness (QED) is 0.684. The SMILES string of the molecule is Cn1ccnc1C(NS(=O)(=O)c1ccc2c(c1)CCCC2)c1ccc(Cl)cc1. The highest BCUT2D eigenvalue weighted by atomic mass is 35.5. The zero-order valence-electron chi connectivity index (χ0n) is 15.6. The van der Waals surface area contributed by atoms with Crippen molar-refractivity contribution in [1.29, 1.82) is 0 Å². The number of aromatic nitrogens is 2. The number of nitrogens with one attached hydrogen (secondary N) is 1. The van der Waals surface area contributed by atoms with Gasteiger partial charge in [-0.1, -0.05) is 29.8 Å². The van der Waals surface area contributed by atoms with Crippen LogP contribution in [0.25, 0.3) is 0 Å². The summed E-state index contributed by atoms with van der Waals surface area (Å²) in [4.78, 5) is 4.66. The third-order valence-corrected chi connectivity index (χ3v) is 6.90. The number of halogens is 1. The Morgan fingerprint density at radius 3 is 2.46 bits per heavy atom. The highest BCUT2D eigenvalue weighted by molar-refractivity contribution is 7.89. The Morgan fingerprint density at radius 2 is 1.79 bits per heavy atom. The van der Waals surface area contributed by atoms with E-state index in [-0.39, 0.29) is 0 Å². The molecule has 3 aromatic rings. The summed E-state index contributed by atoms with van der Waals surface area (Å²) in [6.07, 6.45) is 7.67. The van der Waals surface area contributed by atoms with Gasteiger partial charge in [0.05, 0.1) is 4.90 Å². The van der Waals surface area contributed by atoms with Crippen molar-refractivity contribution < 1.29 is 8.42 Å². The van der Waals surface area contributed by atoms with Crippen molar-refractivity contribution in [3.8, 4) is 0 Å². The van der Waals surface area contributed by atoms with Crippen molar-refractivity contribution in [1.82, 2.24) is 14.3 Å².